The van der Waals surface area contributed by atoms with Gasteiger partial charge in [-0.2, -0.15) is 0 Å². The van der Waals surface area contributed by atoms with E-state index in [1.54, 1.807) is 23.8 Å². The zero-order valence-corrected chi connectivity index (χ0v) is 16.0. The quantitative estimate of drug-likeness (QED) is 0.618. The lowest BCUT2D eigenvalue weighted by Gasteiger charge is -2.39. The number of nitrogens with zero attached hydrogens (tertiary/aromatic N) is 2. The maximum absolute atomic E-state index is 12.7. The number of rotatable bonds is 6. The molecule has 1 aromatic rings. The Morgan fingerprint density at radius 2 is 1.96 bits per heavy atom. The highest BCUT2D eigenvalue weighted by atomic mass is 32.2. The zero-order valence-electron chi connectivity index (χ0n) is 15.2. The molecule has 0 aromatic heterocycles. The van der Waals surface area contributed by atoms with Gasteiger partial charge in [0.2, 0.25) is 0 Å². The van der Waals surface area contributed by atoms with Gasteiger partial charge < -0.3 is 19.3 Å². The fraction of sp³-hybridized carbons (Fsp3) is 0.556. The molecule has 25 heavy (non-hydrogen) atoms. The highest BCUT2D eigenvalue weighted by Crippen LogP contribution is 2.18. The second kappa shape index (κ2) is 9.56. The van der Waals surface area contributed by atoms with Crippen LogP contribution in [0.4, 0.5) is 10.5 Å². The van der Waals surface area contributed by atoms with Crippen molar-refractivity contribution in [2.45, 2.75) is 33.2 Å². The Labute approximate surface area is 154 Å². The van der Waals surface area contributed by atoms with E-state index in [-0.39, 0.29) is 18.0 Å². The molecule has 7 heteroatoms. The average molecular weight is 365 g/mol. The molecule has 0 bridgehead atoms. The van der Waals surface area contributed by atoms with Crippen molar-refractivity contribution in [2.24, 2.45) is 0 Å². The summed E-state index contributed by atoms with van der Waals surface area (Å²) < 4.78 is 8.30. The number of carbonyl (C=O) groups excluding carboxylic acids is 2. The second-order valence-corrected chi connectivity index (χ2v) is 6.92. The third-order valence-electron chi connectivity index (χ3n) is 4.04. The van der Waals surface area contributed by atoms with E-state index in [9.17, 15) is 9.59 Å². The zero-order chi connectivity index (χ0) is 18.2. The fourth-order valence-corrected chi connectivity index (χ4v) is 3.33. The molecule has 0 unspecified atom stereocenters. The van der Waals surface area contributed by atoms with Crippen molar-refractivity contribution in [3.63, 3.8) is 0 Å². The smallest absolute Gasteiger partial charge is 0.409 e. The van der Waals surface area contributed by atoms with Gasteiger partial charge in [0.1, 0.15) is 0 Å². The van der Waals surface area contributed by atoms with Crippen molar-refractivity contribution in [3.8, 4) is 0 Å². The molecule has 0 spiro atoms. The number of hydrogen-bond acceptors (Lipinski definition) is 5. The number of anilines is 1. The van der Waals surface area contributed by atoms with Crippen molar-refractivity contribution >= 4 is 29.6 Å². The lowest BCUT2D eigenvalue weighted by Crippen LogP contribution is -2.55. The summed E-state index contributed by atoms with van der Waals surface area (Å²) in [5.74, 6) is 1.05. The van der Waals surface area contributed by atoms with Crippen molar-refractivity contribution in [3.05, 3.63) is 29.8 Å². The minimum absolute atomic E-state index is 0.00349. The maximum Gasteiger partial charge on any atom is 0.409 e. The van der Waals surface area contributed by atoms with Crippen molar-refractivity contribution in [1.82, 2.24) is 9.80 Å². The van der Waals surface area contributed by atoms with E-state index < -0.39 is 0 Å². The van der Waals surface area contributed by atoms with Crippen LogP contribution < -0.4 is 4.72 Å². The van der Waals surface area contributed by atoms with Gasteiger partial charge in [-0.1, -0.05) is 18.9 Å². The van der Waals surface area contributed by atoms with Crippen LogP contribution >= 0.6 is 11.9 Å². The molecule has 6 nitrogen and oxygen atoms in total. The Balaban J connectivity index is 1.93. The molecular formula is C18H27N3O3S. The van der Waals surface area contributed by atoms with Gasteiger partial charge in [-0.3, -0.25) is 4.79 Å². The number of hydrogen-bond donors (Lipinski definition) is 1. The Kier molecular flexibility index (Phi) is 7.43. The largest absolute Gasteiger partial charge is 0.450 e. The Morgan fingerprint density at radius 3 is 2.56 bits per heavy atom. The molecule has 1 heterocycles. The van der Waals surface area contributed by atoms with Gasteiger partial charge in [0, 0.05) is 42.7 Å². The van der Waals surface area contributed by atoms with E-state index in [1.807, 2.05) is 36.1 Å². The van der Waals surface area contributed by atoms with E-state index in [2.05, 4.69) is 11.6 Å². The summed E-state index contributed by atoms with van der Waals surface area (Å²) in [4.78, 5) is 28.1. The van der Waals surface area contributed by atoms with Crippen molar-refractivity contribution in [2.75, 3.05) is 36.7 Å². The molecule has 1 aromatic carbocycles. The topological polar surface area (TPSA) is 61.9 Å². The normalized spacial score (nSPS) is 17.3. The number of ether oxygens (including phenoxy) is 1. The van der Waals surface area contributed by atoms with Crippen LogP contribution in [0.3, 0.4) is 0 Å². The van der Waals surface area contributed by atoms with Gasteiger partial charge in [-0.25, -0.2) is 4.79 Å². The Bertz CT molecular complexity index is 579. The van der Waals surface area contributed by atoms with Crippen LogP contribution in [0.5, 0.6) is 0 Å². The summed E-state index contributed by atoms with van der Waals surface area (Å²) in [6.07, 6.45) is 0.811. The minimum Gasteiger partial charge on any atom is -0.450 e. The lowest BCUT2D eigenvalue weighted by molar-refractivity contribution is 0.0423. The number of amides is 2. The van der Waals surface area contributed by atoms with Crippen molar-refractivity contribution < 1.29 is 14.3 Å². The first kappa shape index (κ1) is 19.4. The van der Waals surface area contributed by atoms with Gasteiger partial charge in [-0.05, 0) is 44.5 Å². The highest BCUT2D eigenvalue weighted by Gasteiger charge is 2.30. The summed E-state index contributed by atoms with van der Waals surface area (Å²) >= 11 is 1.66. The molecule has 0 saturated carbocycles. The molecule has 2 rings (SSSR count). The number of piperazine rings is 1. The SMILES string of the molecule is CCCSNc1ccc(C(=O)N2CCN(C(=O)OCC)C[C@@H]2C)cc1. The molecule has 0 aliphatic carbocycles. The summed E-state index contributed by atoms with van der Waals surface area (Å²) in [5, 5.41) is 0. The van der Waals surface area contributed by atoms with Crippen LogP contribution in [-0.4, -0.2) is 59.8 Å². The van der Waals surface area contributed by atoms with Crippen LogP contribution in [0.2, 0.25) is 0 Å². The number of carbonyl (C=O) groups is 2. The average Bonchev–Trinajstić information content (AvgIpc) is 2.62. The maximum atomic E-state index is 12.7. The van der Waals surface area contributed by atoms with Gasteiger partial charge in [0.15, 0.2) is 0 Å². The van der Waals surface area contributed by atoms with Crippen LogP contribution in [0.1, 0.15) is 37.6 Å². The molecule has 0 radical (unpaired) electrons. The lowest BCUT2D eigenvalue weighted by atomic mass is 10.1. The first-order valence-corrected chi connectivity index (χ1v) is 9.75. The van der Waals surface area contributed by atoms with Gasteiger partial charge in [0.05, 0.1) is 6.61 Å². The van der Waals surface area contributed by atoms with Crippen molar-refractivity contribution in [1.29, 1.82) is 0 Å². The van der Waals surface area contributed by atoms with Crippen LogP contribution in [0.25, 0.3) is 0 Å². The molecule has 1 N–H and O–H groups in total. The van der Waals surface area contributed by atoms with Gasteiger partial charge >= 0.3 is 6.09 Å². The molecule has 1 aliphatic rings. The predicted molar refractivity (Wildman–Crippen MR) is 102 cm³/mol. The molecule has 1 saturated heterocycles. The monoisotopic (exact) mass is 365 g/mol. The Hall–Kier alpha value is -1.89. The molecule has 2 amide bonds. The third kappa shape index (κ3) is 5.29. The molecule has 138 valence electrons. The summed E-state index contributed by atoms with van der Waals surface area (Å²) in [7, 11) is 0. The summed E-state index contributed by atoms with van der Waals surface area (Å²) in [5.41, 5.74) is 1.66. The van der Waals surface area contributed by atoms with E-state index in [0.717, 1.165) is 17.9 Å². The predicted octanol–water partition coefficient (Wildman–Crippen LogP) is 3.46. The van der Waals surface area contributed by atoms with Gasteiger partial charge in [-0.15, -0.1) is 0 Å². The highest BCUT2D eigenvalue weighted by molar-refractivity contribution is 8.00. The Morgan fingerprint density at radius 1 is 1.24 bits per heavy atom. The first-order valence-electron chi connectivity index (χ1n) is 8.77. The number of benzene rings is 1. The minimum atomic E-state index is -0.304. The number of nitrogens with one attached hydrogen (secondary N) is 1. The summed E-state index contributed by atoms with van der Waals surface area (Å²) in [6.45, 7) is 7.77. The molecule has 1 fully saturated rings. The van der Waals surface area contributed by atoms with E-state index in [0.29, 0.717) is 31.8 Å². The van der Waals surface area contributed by atoms with Crippen LogP contribution in [0.15, 0.2) is 24.3 Å². The summed E-state index contributed by atoms with van der Waals surface area (Å²) in [6, 6.07) is 7.51. The third-order valence-corrected chi connectivity index (χ3v) is 5.03. The molecule has 1 aliphatic heterocycles. The fourth-order valence-electron chi connectivity index (χ4n) is 2.72. The van der Waals surface area contributed by atoms with E-state index in [1.165, 1.54) is 0 Å². The molecule has 1 atom stereocenters. The van der Waals surface area contributed by atoms with E-state index in [4.69, 9.17) is 4.74 Å². The van der Waals surface area contributed by atoms with Crippen LogP contribution in [-0.2, 0) is 4.74 Å². The first-order chi connectivity index (χ1) is 12.1. The van der Waals surface area contributed by atoms with Gasteiger partial charge in [0.25, 0.3) is 5.91 Å². The molecular weight excluding hydrogens is 338 g/mol. The van der Waals surface area contributed by atoms with Crippen LogP contribution in [0, 0.1) is 0 Å². The van der Waals surface area contributed by atoms with E-state index >= 15 is 0 Å². The standard InChI is InChI=1S/C18H27N3O3S/c1-4-12-25-19-16-8-6-15(7-9-16)17(22)21-11-10-20(13-14(21)3)18(23)24-5-2/h6-9,14,19H,4-5,10-13H2,1-3H3/t14-/m0/s1. The second-order valence-electron chi connectivity index (χ2n) is 6.02.